The Morgan fingerprint density at radius 3 is 2.68 bits per heavy atom. The van der Waals surface area contributed by atoms with Crippen LogP contribution in [0.25, 0.3) is 0 Å². The van der Waals surface area contributed by atoms with E-state index in [2.05, 4.69) is 36.5 Å². The molecule has 0 spiro atoms. The summed E-state index contributed by atoms with van der Waals surface area (Å²) < 4.78 is 5.81. The van der Waals surface area contributed by atoms with Gasteiger partial charge in [0.05, 0.1) is 24.6 Å². The van der Waals surface area contributed by atoms with Crippen molar-refractivity contribution in [1.82, 2.24) is 15.1 Å². The molecule has 3 aliphatic rings. The fraction of sp³-hybridized carbons (Fsp3) is 0.520. The third kappa shape index (κ3) is 4.43. The number of carbonyl (C=O) groups excluding carboxylic acids is 2. The van der Waals surface area contributed by atoms with Gasteiger partial charge < -0.3 is 15.4 Å². The SMILES string of the molecule is COC(=O)c1ccccc1CNC(=O)Cn1ncc(N[C@@H]2C[C@H]3C[C@@H]([C@H]2C)C3(C)C)c(Cl)c1=O. The van der Waals surface area contributed by atoms with Crippen molar-refractivity contribution in [3.8, 4) is 0 Å². The first kappa shape index (κ1) is 24.3. The second-order valence-electron chi connectivity index (χ2n) is 9.97. The first-order valence-electron chi connectivity index (χ1n) is 11.6. The Morgan fingerprint density at radius 2 is 2.00 bits per heavy atom. The van der Waals surface area contributed by atoms with Crippen molar-refractivity contribution in [2.45, 2.75) is 52.7 Å². The predicted molar refractivity (Wildman–Crippen MR) is 130 cm³/mol. The van der Waals surface area contributed by atoms with Crippen LogP contribution < -0.4 is 16.2 Å². The lowest BCUT2D eigenvalue weighted by Crippen LogP contribution is -2.58. The number of amides is 1. The summed E-state index contributed by atoms with van der Waals surface area (Å²) in [7, 11) is 1.30. The molecule has 9 heteroatoms. The van der Waals surface area contributed by atoms with E-state index in [0.717, 1.165) is 11.1 Å². The lowest BCUT2D eigenvalue weighted by Gasteiger charge is -2.62. The number of aromatic nitrogens is 2. The number of nitrogens with zero attached hydrogens (tertiary/aromatic N) is 2. The molecule has 0 radical (unpaired) electrons. The summed E-state index contributed by atoms with van der Waals surface area (Å²) in [5.74, 6) is 0.896. The smallest absolute Gasteiger partial charge is 0.338 e. The number of hydrogen-bond donors (Lipinski definition) is 2. The van der Waals surface area contributed by atoms with Crippen LogP contribution in [-0.4, -0.2) is 34.8 Å². The number of fused-ring (bicyclic) bond motifs is 2. The van der Waals surface area contributed by atoms with E-state index in [4.69, 9.17) is 16.3 Å². The van der Waals surface area contributed by atoms with Crippen LogP contribution in [0.4, 0.5) is 5.69 Å². The maximum atomic E-state index is 12.8. The van der Waals surface area contributed by atoms with Crippen molar-refractivity contribution in [2.24, 2.45) is 23.2 Å². The molecule has 3 aliphatic carbocycles. The monoisotopic (exact) mass is 486 g/mol. The number of esters is 1. The summed E-state index contributed by atoms with van der Waals surface area (Å²) in [4.78, 5) is 37.1. The van der Waals surface area contributed by atoms with Gasteiger partial charge in [-0.05, 0) is 47.6 Å². The summed E-state index contributed by atoms with van der Waals surface area (Å²) in [5, 5.41) is 10.3. The Kier molecular flexibility index (Phi) is 6.71. The van der Waals surface area contributed by atoms with E-state index >= 15 is 0 Å². The Labute approximate surface area is 204 Å². The zero-order chi connectivity index (χ0) is 24.6. The molecule has 2 aromatic rings. The van der Waals surface area contributed by atoms with E-state index in [1.807, 2.05) is 0 Å². The number of ether oxygens (including phenoxy) is 1. The van der Waals surface area contributed by atoms with Gasteiger partial charge >= 0.3 is 5.97 Å². The van der Waals surface area contributed by atoms with E-state index < -0.39 is 17.4 Å². The largest absolute Gasteiger partial charge is 0.465 e. The molecule has 0 saturated heterocycles. The second-order valence-corrected chi connectivity index (χ2v) is 10.3. The van der Waals surface area contributed by atoms with E-state index in [9.17, 15) is 14.4 Å². The number of anilines is 1. The normalized spacial score (nSPS) is 24.6. The minimum absolute atomic E-state index is 0.0320. The van der Waals surface area contributed by atoms with Crippen LogP contribution in [0.2, 0.25) is 5.02 Å². The van der Waals surface area contributed by atoms with E-state index in [-0.39, 0.29) is 24.2 Å². The molecule has 3 fully saturated rings. The lowest BCUT2D eigenvalue weighted by atomic mass is 9.45. The Balaban J connectivity index is 1.39. The molecule has 182 valence electrons. The van der Waals surface area contributed by atoms with Crippen molar-refractivity contribution in [3.05, 3.63) is 57.0 Å². The third-order valence-electron chi connectivity index (χ3n) is 7.87. The minimum Gasteiger partial charge on any atom is -0.465 e. The Hall–Kier alpha value is -2.87. The summed E-state index contributed by atoms with van der Waals surface area (Å²) in [5.41, 5.74) is 1.34. The molecule has 2 N–H and O–H groups in total. The molecule has 1 heterocycles. The molecule has 34 heavy (non-hydrogen) atoms. The van der Waals surface area contributed by atoms with Crippen LogP contribution in [0.3, 0.4) is 0 Å². The van der Waals surface area contributed by atoms with Gasteiger partial charge in [-0.15, -0.1) is 0 Å². The Bertz CT molecular complexity index is 1160. The number of hydrogen-bond acceptors (Lipinski definition) is 6. The first-order chi connectivity index (χ1) is 16.1. The molecule has 0 aliphatic heterocycles. The highest BCUT2D eigenvalue weighted by Crippen LogP contribution is 2.61. The number of methoxy groups -OCH3 is 1. The van der Waals surface area contributed by atoms with Crippen molar-refractivity contribution >= 4 is 29.2 Å². The Morgan fingerprint density at radius 1 is 1.26 bits per heavy atom. The van der Waals surface area contributed by atoms with Crippen LogP contribution in [0, 0.1) is 23.2 Å². The van der Waals surface area contributed by atoms with Crippen molar-refractivity contribution in [3.63, 3.8) is 0 Å². The molecule has 2 bridgehead atoms. The van der Waals surface area contributed by atoms with Gasteiger partial charge in [-0.3, -0.25) is 9.59 Å². The molecule has 1 amide bonds. The number of benzene rings is 1. The van der Waals surface area contributed by atoms with Crippen LogP contribution >= 0.6 is 11.6 Å². The molecule has 5 rings (SSSR count). The lowest BCUT2D eigenvalue weighted by molar-refractivity contribution is -0.122. The van der Waals surface area contributed by atoms with Gasteiger partial charge in [0, 0.05) is 12.6 Å². The highest BCUT2D eigenvalue weighted by molar-refractivity contribution is 6.32. The standard InChI is InChI=1S/C25H31ClN4O4/c1-14-18-9-16(25(18,2)3)10-19(14)29-20-12-28-30(23(32)22(20)26)13-21(31)27-11-15-7-5-6-8-17(15)24(33)34-4/h5-8,12,14,16,18-19,29H,9-11,13H2,1-4H3,(H,27,31)/t14-,16-,18+,19-/m1/s1. The van der Waals surface area contributed by atoms with Gasteiger partial charge in [-0.2, -0.15) is 5.10 Å². The molecule has 8 nitrogen and oxygen atoms in total. The van der Waals surface area contributed by atoms with E-state index in [1.165, 1.54) is 19.7 Å². The quantitative estimate of drug-likeness (QED) is 0.581. The highest BCUT2D eigenvalue weighted by Gasteiger charge is 2.56. The summed E-state index contributed by atoms with van der Waals surface area (Å²) >= 11 is 6.38. The molecule has 1 aromatic carbocycles. The number of carbonyl (C=O) groups is 2. The van der Waals surface area contributed by atoms with Gasteiger partial charge in [0.1, 0.15) is 11.6 Å². The van der Waals surface area contributed by atoms with E-state index in [0.29, 0.717) is 40.0 Å². The highest BCUT2D eigenvalue weighted by atomic mass is 35.5. The zero-order valence-corrected chi connectivity index (χ0v) is 20.7. The topological polar surface area (TPSA) is 102 Å². The molecular weight excluding hydrogens is 456 g/mol. The maximum absolute atomic E-state index is 12.8. The second kappa shape index (κ2) is 9.41. The molecule has 3 saturated carbocycles. The van der Waals surface area contributed by atoms with Crippen LogP contribution in [-0.2, 0) is 22.6 Å². The van der Waals surface area contributed by atoms with Crippen molar-refractivity contribution in [2.75, 3.05) is 12.4 Å². The fourth-order valence-corrected chi connectivity index (χ4v) is 5.79. The average molecular weight is 487 g/mol. The maximum Gasteiger partial charge on any atom is 0.338 e. The first-order valence-corrected chi connectivity index (χ1v) is 12.0. The number of halogens is 1. The molecule has 0 unspecified atom stereocenters. The van der Waals surface area contributed by atoms with Gasteiger partial charge in [-0.1, -0.05) is 50.6 Å². The van der Waals surface area contributed by atoms with Crippen LogP contribution in [0.1, 0.15) is 49.5 Å². The number of rotatable bonds is 7. The molecule has 1 aromatic heterocycles. The van der Waals surface area contributed by atoms with Crippen molar-refractivity contribution < 1.29 is 14.3 Å². The zero-order valence-electron chi connectivity index (χ0n) is 19.9. The summed E-state index contributed by atoms with van der Waals surface area (Å²) in [6, 6.07) is 7.08. The fourth-order valence-electron chi connectivity index (χ4n) is 5.59. The third-order valence-corrected chi connectivity index (χ3v) is 8.24. The minimum atomic E-state index is -0.522. The van der Waals surface area contributed by atoms with Gasteiger partial charge in [0.2, 0.25) is 5.91 Å². The molecule has 4 atom stereocenters. The average Bonchev–Trinajstić information content (AvgIpc) is 2.82. The summed E-state index contributed by atoms with van der Waals surface area (Å²) in [6.45, 7) is 6.77. The molecular formula is C25H31ClN4O4. The van der Waals surface area contributed by atoms with Crippen LogP contribution in [0.15, 0.2) is 35.3 Å². The van der Waals surface area contributed by atoms with Crippen molar-refractivity contribution in [1.29, 1.82) is 0 Å². The predicted octanol–water partition coefficient (Wildman–Crippen LogP) is 3.48. The number of nitrogens with one attached hydrogen (secondary N) is 2. The van der Waals surface area contributed by atoms with Gasteiger partial charge in [0.25, 0.3) is 5.56 Å². The summed E-state index contributed by atoms with van der Waals surface area (Å²) in [6.07, 6.45) is 3.82. The van der Waals surface area contributed by atoms with Crippen LogP contribution in [0.5, 0.6) is 0 Å². The van der Waals surface area contributed by atoms with E-state index in [1.54, 1.807) is 24.3 Å². The van der Waals surface area contributed by atoms with Gasteiger partial charge in [-0.25, -0.2) is 9.48 Å². The van der Waals surface area contributed by atoms with Gasteiger partial charge in [0.15, 0.2) is 0 Å².